The van der Waals surface area contributed by atoms with Gasteiger partial charge < -0.3 is 11.1 Å². The van der Waals surface area contributed by atoms with E-state index in [0.29, 0.717) is 6.04 Å². The lowest BCUT2D eigenvalue weighted by Crippen LogP contribution is -2.17. The zero-order chi connectivity index (χ0) is 11.8. The Balaban J connectivity index is 2.36. The standard InChI is InChI=1S/C14H22N2/c1-14(2,3)10-6-7-12(15)11(9-10)13-5-4-8-16-13/h6-7,9,13,16H,4-5,8,15H2,1-3H3/t13-/m1/s1. The van der Waals surface area contributed by atoms with Crippen molar-refractivity contribution in [2.24, 2.45) is 0 Å². The molecule has 0 amide bonds. The third-order valence-corrected chi connectivity index (χ3v) is 3.39. The minimum absolute atomic E-state index is 0.195. The van der Waals surface area contributed by atoms with Crippen LogP contribution in [0.1, 0.15) is 50.8 Å². The fourth-order valence-electron chi connectivity index (χ4n) is 2.29. The van der Waals surface area contributed by atoms with Crippen molar-refractivity contribution in [1.29, 1.82) is 0 Å². The number of nitrogens with two attached hydrogens (primary N) is 1. The lowest BCUT2D eigenvalue weighted by atomic mass is 9.85. The van der Waals surface area contributed by atoms with Crippen LogP contribution in [0.5, 0.6) is 0 Å². The van der Waals surface area contributed by atoms with Crippen molar-refractivity contribution in [2.45, 2.75) is 45.1 Å². The molecule has 88 valence electrons. The first-order chi connectivity index (χ1) is 7.48. The maximum absolute atomic E-state index is 6.07. The third kappa shape index (κ3) is 2.22. The molecule has 0 aliphatic carbocycles. The van der Waals surface area contributed by atoms with Gasteiger partial charge in [0.2, 0.25) is 0 Å². The van der Waals surface area contributed by atoms with Crippen LogP contribution in [0.15, 0.2) is 18.2 Å². The van der Waals surface area contributed by atoms with Crippen molar-refractivity contribution >= 4 is 5.69 Å². The van der Waals surface area contributed by atoms with E-state index in [-0.39, 0.29) is 5.41 Å². The summed E-state index contributed by atoms with van der Waals surface area (Å²) < 4.78 is 0. The molecule has 16 heavy (non-hydrogen) atoms. The average molecular weight is 218 g/mol. The van der Waals surface area contributed by atoms with Crippen LogP contribution < -0.4 is 11.1 Å². The van der Waals surface area contributed by atoms with Gasteiger partial charge in [-0.25, -0.2) is 0 Å². The Hall–Kier alpha value is -1.02. The van der Waals surface area contributed by atoms with Gasteiger partial charge in [0, 0.05) is 11.7 Å². The van der Waals surface area contributed by atoms with Gasteiger partial charge in [-0.05, 0) is 42.0 Å². The van der Waals surface area contributed by atoms with E-state index in [9.17, 15) is 0 Å². The molecule has 1 saturated heterocycles. The van der Waals surface area contributed by atoms with Crippen LogP contribution in [-0.2, 0) is 5.41 Å². The predicted molar refractivity (Wildman–Crippen MR) is 69.5 cm³/mol. The molecule has 1 aromatic carbocycles. The monoisotopic (exact) mass is 218 g/mol. The molecule has 1 fully saturated rings. The van der Waals surface area contributed by atoms with Crippen LogP contribution in [0.3, 0.4) is 0 Å². The lowest BCUT2D eigenvalue weighted by molar-refractivity contribution is 0.584. The summed E-state index contributed by atoms with van der Waals surface area (Å²) in [6.45, 7) is 7.84. The average Bonchev–Trinajstić information content (AvgIpc) is 2.69. The second-order valence-corrected chi connectivity index (χ2v) is 5.74. The van der Waals surface area contributed by atoms with E-state index < -0.39 is 0 Å². The Morgan fingerprint density at radius 2 is 2.06 bits per heavy atom. The summed E-state index contributed by atoms with van der Waals surface area (Å²) >= 11 is 0. The van der Waals surface area contributed by atoms with Gasteiger partial charge in [0.15, 0.2) is 0 Å². The number of benzene rings is 1. The molecule has 0 aromatic heterocycles. The second kappa shape index (κ2) is 4.10. The molecule has 0 radical (unpaired) electrons. The van der Waals surface area contributed by atoms with E-state index in [2.05, 4.69) is 44.3 Å². The largest absolute Gasteiger partial charge is 0.398 e. The zero-order valence-corrected chi connectivity index (χ0v) is 10.5. The van der Waals surface area contributed by atoms with E-state index in [1.807, 2.05) is 0 Å². The van der Waals surface area contributed by atoms with Crippen LogP contribution in [-0.4, -0.2) is 6.54 Å². The van der Waals surface area contributed by atoms with Crippen LogP contribution in [0, 0.1) is 0 Å². The third-order valence-electron chi connectivity index (χ3n) is 3.39. The van der Waals surface area contributed by atoms with Gasteiger partial charge in [-0.2, -0.15) is 0 Å². The number of nitrogen functional groups attached to an aromatic ring is 1. The van der Waals surface area contributed by atoms with Gasteiger partial charge in [0.05, 0.1) is 0 Å². The molecular formula is C14H22N2. The molecule has 0 spiro atoms. The van der Waals surface area contributed by atoms with Gasteiger partial charge in [0.25, 0.3) is 0 Å². The second-order valence-electron chi connectivity index (χ2n) is 5.74. The fourth-order valence-corrected chi connectivity index (χ4v) is 2.29. The van der Waals surface area contributed by atoms with E-state index in [0.717, 1.165) is 12.2 Å². The highest BCUT2D eigenvalue weighted by molar-refractivity contribution is 5.51. The van der Waals surface area contributed by atoms with E-state index in [1.165, 1.54) is 24.0 Å². The zero-order valence-electron chi connectivity index (χ0n) is 10.5. The molecule has 0 saturated carbocycles. The van der Waals surface area contributed by atoms with Crippen molar-refractivity contribution in [3.8, 4) is 0 Å². The topological polar surface area (TPSA) is 38.0 Å². The number of hydrogen-bond acceptors (Lipinski definition) is 2. The van der Waals surface area contributed by atoms with E-state index in [4.69, 9.17) is 5.73 Å². The number of anilines is 1. The van der Waals surface area contributed by atoms with Gasteiger partial charge >= 0.3 is 0 Å². The fraction of sp³-hybridized carbons (Fsp3) is 0.571. The molecule has 1 heterocycles. The van der Waals surface area contributed by atoms with Crippen molar-refractivity contribution in [2.75, 3.05) is 12.3 Å². The summed E-state index contributed by atoms with van der Waals surface area (Å²) in [7, 11) is 0. The highest BCUT2D eigenvalue weighted by atomic mass is 14.9. The van der Waals surface area contributed by atoms with Crippen molar-refractivity contribution in [1.82, 2.24) is 5.32 Å². The summed E-state index contributed by atoms with van der Waals surface area (Å²) in [5, 5.41) is 3.51. The summed E-state index contributed by atoms with van der Waals surface area (Å²) in [5.74, 6) is 0. The smallest absolute Gasteiger partial charge is 0.0362 e. The predicted octanol–water partition coefficient (Wildman–Crippen LogP) is 2.99. The number of hydrogen-bond donors (Lipinski definition) is 2. The minimum atomic E-state index is 0.195. The molecule has 0 bridgehead atoms. The van der Waals surface area contributed by atoms with Gasteiger partial charge in [0.1, 0.15) is 0 Å². The molecule has 2 heteroatoms. The van der Waals surface area contributed by atoms with E-state index >= 15 is 0 Å². The first-order valence-electron chi connectivity index (χ1n) is 6.12. The summed E-state index contributed by atoms with van der Waals surface area (Å²) in [6.07, 6.45) is 2.46. The quantitative estimate of drug-likeness (QED) is 0.711. The highest BCUT2D eigenvalue weighted by Crippen LogP contribution is 2.32. The molecule has 1 atom stereocenters. The Kier molecular flexibility index (Phi) is 2.94. The van der Waals surface area contributed by atoms with Crippen molar-refractivity contribution in [3.63, 3.8) is 0 Å². The molecule has 2 rings (SSSR count). The van der Waals surface area contributed by atoms with Crippen molar-refractivity contribution < 1.29 is 0 Å². The van der Waals surface area contributed by atoms with Gasteiger partial charge in [-0.15, -0.1) is 0 Å². The first kappa shape index (κ1) is 11.5. The van der Waals surface area contributed by atoms with Crippen LogP contribution in [0.25, 0.3) is 0 Å². The summed E-state index contributed by atoms with van der Waals surface area (Å²) in [5.41, 5.74) is 9.84. The normalized spacial score (nSPS) is 21.3. The van der Waals surface area contributed by atoms with Crippen LogP contribution in [0.2, 0.25) is 0 Å². The maximum Gasteiger partial charge on any atom is 0.0362 e. The van der Waals surface area contributed by atoms with Crippen LogP contribution in [0.4, 0.5) is 5.69 Å². The molecule has 3 N–H and O–H groups in total. The minimum Gasteiger partial charge on any atom is -0.398 e. The number of rotatable bonds is 1. The summed E-state index contributed by atoms with van der Waals surface area (Å²) in [6, 6.07) is 6.93. The Bertz CT molecular complexity index is 371. The van der Waals surface area contributed by atoms with Crippen LogP contribution >= 0.6 is 0 Å². The Morgan fingerprint density at radius 3 is 2.62 bits per heavy atom. The van der Waals surface area contributed by atoms with Crippen molar-refractivity contribution in [3.05, 3.63) is 29.3 Å². The molecule has 0 unspecified atom stereocenters. The number of nitrogens with one attached hydrogen (secondary N) is 1. The molecule has 1 aliphatic rings. The molecule has 2 nitrogen and oxygen atoms in total. The van der Waals surface area contributed by atoms with Gasteiger partial charge in [-0.3, -0.25) is 0 Å². The molecule has 1 aliphatic heterocycles. The first-order valence-corrected chi connectivity index (χ1v) is 6.12. The summed E-state index contributed by atoms with van der Waals surface area (Å²) in [4.78, 5) is 0. The Labute approximate surface area is 98.2 Å². The van der Waals surface area contributed by atoms with E-state index in [1.54, 1.807) is 0 Å². The van der Waals surface area contributed by atoms with Gasteiger partial charge in [-0.1, -0.05) is 32.9 Å². The Morgan fingerprint density at radius 1 is 1.31 bits per heavy atom. The SMILES string of the molecule is CC(C)(C)c1ccc(N)c([C@H]2CCCN2)c1. The highest BCUT2D eigenvalue weighted by Gasteiger charge is 2.21. The molecule has 1 aromatic rings. The maximum atomic E-state index is 6.07. The lowest BCUT2D eigenvalue weighted by Gasteiger charge is -2.22. The molecular weight excluding hydrogens is 196 g/mol.